The molecule has 0 bridgehead atoms. The summed E-state index contributed by atoms with van der Waals surface area (Å²) in [6, 6.07) is 8.72. The number of pyridine rings is 1. The second-order valence-corrected chi connectivity index (χ2v) is 3.39. The van der Waals surface area contributed by atoms with Crippen molar-refractivity contribution in [1.82, 2.24) is 4.98 Å². The molecule has 0 radical (unpaired) electrons. The Morgan fingerprint density at radius 3 is 2.65 bits per heavy atom. The highest BCUT2D eigenvalue weighted by Gasteiger charge is 2.10. The predicted octanol–water partition coefficient (Wildman–Crippen LogP) is 3.42. The van der Waals surface area contributed by atoms with E-state index in [4.69, 9.17) is 0 Å². The maximum atomic E-state index is 13.4. The minimum Gasteiger partial charge on any atom is -0.507 e. The van der Waals surface area contributed by atoms with Gasteiger partial charge in [0, 0.05) is 12.3 Å². The van der Waals surface area contributed by atoms with Crippen LogP contribution in [0.1, 0.15) is 11.3 Å². The first kappa shape index (κ1) is 11.3. The number of aromatic nitrogens is 1. The average Bonchev–Trinajstić information content (AvgIpc) is 2.34. The van der Waals surface area contributed by atoms with Gasteiger partial charge in [0.05, 0.1) is 11.3 Å². The summed E-state index contributed by atoms with van der Waals surface area (Å²) in [5.41, 5.74) is 0.282. The van der Waals surface area contributed by atoms with E-state index in [-0.39, 0.29) is 11.3 Å². The van der Waals surface area contributed by atoms with E-state index in [1.807, 2.05) is 0 Å². The fourth-order valence-corrected chi connectivity index (χ4v) is 1.38. The number of nitrogens with zero attached hydrogens (tertiary/aromatic N) is 1. The number of rotatable bonds is 2. The summed E-state index contributed by atoms with van der Waals surface area (Å²) in [6.45, 7) is 0. The lowest BCUT2D eigenvalue weighted by Crippen LogP contribution is -1.93. The predicted molar refractivity (Wildman–Crippen MR) is 61.1 cm³/mol. The number of hydrogen-bond donors (Lipinski definition) is 1. The van der Waals surface area contributed by atoms with Crippen molar-refractivity contribution in [3.05, 3.63) is 65.5 Å². The van der Waals surface area contributed by atoms with Crippen LogP contribution in [0.25, 0.3) is 11.8 Å². The van der Waals surface area contributed by atoms with E-state index in [9.17, 15) is 13.9 Å². The SMILES string of the molecule is O/C(=C\c1ccccn1)c1cccc(F)c1F. The largest absolute Gasteiger partial charge is 0.507 e. The Bertz CT molecular complexity index is 553. The number of benzene rings is 1. The van der Waals surface area contributed by atoms with E-state index < -0.39 is 11.6 Å². The van der Waals surface area contributed by atoms with Crippen molar-refractivity contribution in [2.45, 2.75) is 0 Å². The first-order valence-electron chi connectivity index (χ1n) is 4.94. The monoisotopic (exact) mass is 233 g/mol. The van der Waals surface area contributed by atoms with Crippen LogP contribution in [0.5, 0.6) is 0 Å². The van der Waals surface area contributed by atoms with Gasteiger partial charge < -0.3 is 5.11 Å². The van der Waals surface area contributed by atoms with E-state index in [0.717, 1.165) is 6.07 Å². The first-order valence-corrected chi connectivity index (χ1v) is 4.94. The van der Waals surface area contributed by atoms with Crippen LogP contribution in [0, 0.1) is 11.6 Å². The lowest BCUT2D eigenvalue weighted by atomic mass is 10.1. The van der Waals surface area contributed by atoms with Crippen molar-refractivity contribution in [3.63, 3.8) is 0 Å². The van der Waals surface area contributed by atoms with Gasteiger partial charge >= 0.3 is 0 Å². The van der Waals surface area contributed by atoms with Crippen molar-refractivity contribution in [1.29, 1.82) is 0 Å². The smallest absolute Gasteiger partial charge is 0.169 e. The average molecular weight is 233 g/mol. The van der Waals surface area contributed by atoms with Crippen molar-refractivity contribution < 1.29 is 13.9 Å². The third-order valence-electron chi connectivity index (χ3n) is 2.20. The van der Waals surface area contributed by atoms with Gasteiger partial charge in [-0.3, -0.25) is 4.98 Å². The molecule has 2 aromatic rings. The summed E-state index contributed by atoms with van der Waals surface area (Å²) in [6.07, 6.45) is 2.82. The second kappa shape index (κ2) is 4.74. The summed E-state index contributed by atoms with van der Waals surface area (Å²) in [5, 5.41) is 9.69. The van der Waals surface area contributed by atoms with E-state index in [1.165, 1.54) is 18.2 Å². The van der Waals surface area contributed by atoms with E-state index in [1.54, 1.807) is 24.4 Å². The first-order chi connectivity index (χ1) is 8.18. The standard InChI is InChI=1S/C13H9F2NO/c14-11-6-3-5-10(13(11)15)12(17)8-9-4-1-2-7-16-9/h1-8,17H/b12-8-. The molecule has 0 fully saturated rings. The summed E-state index contributed by atoms with van der Waals surface area (Å²) in [7, 11) is 0. The molecule has 1 aromatic carbocycles. The Morgan fingerprint density at radius 2 is 1.94 bits per heavy atom. The molecule has 86 valence electrons. The van der Waals surface area contributed by atoms with Crippen LogP contribution >= 0.6 is 0 Å². The highest BCUT2D eigenvalue weighted by atomic mass is 19.2. The molecule has 17 heavy (non-hydrogen) atoms. The van der Waals surface area contributed by atoms with Gasteiger partial charge in [-0.05, 0) is 24.3 Å². The second-order valence-electron chi connectivity index (χ2n) is 3.39. The molecular weight excluding hydrogens is 224 g/mol. The fourth-order valence-electron chi connectivity index (χ4n) is 1.38. The summed E-state index contributed by atoms with van der Waals surface area (Å²) < 4.78 is 26.3. The molecule has 0 aliphatic heterocycles. The molecule has 0 aliphatic rings. The lowest BCUT2D eigenvalue weighted by molar-refractivity contribution is 0.480. The molecule has 1 N–H and O–H groups in total. The van der Waals surface area contributed by atoms with Gasteiger partial charge in [-0.25, -0.2) is 8.78 Å². The van der Waals surface area contributed by atoms with Gasteiger partial charge in [0.15, 0.2) is 11.6 Å². The van der Waals surface area contributed by atoms with Crippen molar-refractivity contribution in [2.24, 2.45) is 0 Å². The molecule has 4 heteroatoms. The topological polar surface area (TPSA) is 33.1 Å². The molecule has 0 unspecified atom stereocenters. The maximum absolute atomic E-state index is 13.4. The van der Waals surface area contributed by atoms with E-state index in [2.05, 4.69) is 4.98 Å². The third kappa shape index (κ3) is 2.47. The molecule has 1 aromatic heterocycles. The Kier molecular flexibility index (Phi) is 3.14. The van der Waals surface area contributed by atoms with Crippen molar-refractivity contribution in [3.8, 4) is 0 Å². The normalized spacial score (nSPS) is 11.5. The van der Waals surface area contributed by atoms with Gasteiger partial charge in [-0.2, -0.15) is 0 Å². The zero-order valence-electron chi connectivity index (χ0n) is 8.77. The molecular formula is C13H9F2NO. The summed E-state index contributed by atoms with van der Waals surface area (Å²) in [4.78, 5) is 3.94. The van der Waals surface area contributed by atoms with Crippen LogP contribution in [0.15, 0.2) is 42.6 Å². The van der Waals surface area contributed by atoms with Crippen molar-refractivity contribution in [2.75, 3.05) is 0 Å². The fraction of sp³-hybridized carbons (Fsp3) is 0. The highest BCUT2D eigenvalue weighted by molar-refractivity contribution is 5.75. The molecule has 2 rings (SSSR count). The Hall–Kier alpha value is -2.23. The molecule has 1 heterocycles. The molecule has 0 amide bonds. The van der Waals surface area contributed by atoms with Crippen LogP contribution in [0.3, 0.4) is 0 Å². The zero-order chi connectivity index (χ0) is 12.3. The summed E-state index contributed by atoms with van der Waals surface area (Å²) in [5.74, 6) is -2.43. The third-order valence-corrected chi connectivity index (χ3v) is 2.20. The zero-order valence-corrected chi connectivity index (χ0v) is 8.77. The molecule has 0 aliphatic carbocycles. The Labute approximate surface area is 96.9 Å². The molecule has 0 saturated carbocycles. The van der Waals surface area contributed by atoms with E-state index in [0.29, 0.717) is 5.69 Å². The van der Waals surface area contributed by atoms with Gasteiger partial charge in [-0.15, -0.1) is 0 Å². The lowest BCUT2D eigenvalue weighted by Gasteiger charge is -2.02. The molecule has 0 atom stereocenters. The summed E-state index contributed by atoms with van der Waals surface area (Å²) >= 11 is 0. The highest BCUT2D eigenvalue weighted by Crippen LogP contribution is 2.19. The Morgan fingerprint density at radius 1 is 1.12 bits per heavy atom. The molecule has 0 saturated heterocycles. The number of aliphatic hydroxyl groups is 1. The maximum Gasteiger partial charge on any atom is 0.169 e. The minimum atomic E-state index is -1.07. The van der Waals surface area contributed by atoms with Crippen molar-refractivity contribution >= 4 is 11.8 Å². The number of aliphatic hydroxyl groups excluding tert-OH is 1. The number of hydrogen-bond acceptors (Lipinski definition) is 2. The molecule has 0 spiro atoms. The van der Waals surface area contributed by atoms with Crippen LogP contribution < -0.4 is 0 Å². The van der Waals surface area contributed by atoms with Gasteiger partial charge in [0.2, 0.25) is 0 Å². The van der Waals surface area contributed by atoms with Gasteiger partial charge in [0.25, 0.3) is 0 Å². The van der Waals surface area contributed by atoms with Crippen LogP contribution in [-0.2, 0) is 0 Å². The quantitative estimate of drug-likeness (QED) is 0.806. The van der Waals surface area contributed by atoms with Gasteiger partial charge in [-0.1, -0.05) is 12.1 Å². The Balaban J connectivity index is 2.41. The number of halogens is 2. The van der Waals surface area contributed by atoms with Crippen LogP contribution in [0.2, 0.25) is 0 Å². The minimum absolute atomic E-state index is 0.185. The van der Waals surface area contributed by atoms with Crippen LogP contribution in [0.4, 0.5) is 8.78 Å². The van der Waals surface area contributed by atoms with E-state index >= 15 is 0 Å². The van der Waals surface area contributed by atoms with Gasteiger partial charge in [0.1, 0.15) is 5.76 Å². The van der Waals surface area contributed by atoms with Crippen LogP contribution in [-0.4, -0.2) is 10.1 Å². The molecule has 2 nitrogen and oxygen atoms in total.